The fourth-order valence-corrected chi connectivity index (χ4v) is 1.15. The zero-order chi connectivity index (χ0) is 11.0. The molecule has 0 atom stereocenters. The molecule has 0 amide bonds. The first kappa shape index (κ1) is 13.2. The number of carbonyl (C=O) groups excluding carboxylic acids is 1. The number of esters is 1. The first-order valence-electron chi connectivity index (χ1n) is 5.22. The van der Waals surface area contributed by atoms with Gasteiger partial charge in [-0.15, -0.1) is 0 Å². The van der Waals surface area contributed by atoms with Gasteiger partial charge in [-0.25, -0.2) is 0 Å². The molecule has 0 aliphatic carbocycles. The van der Waals surface area contributed by atoms with Gasteiger partial charge in [-0.1, -0.05) is 39.8 Å². The van der Waals surface area contributed by atoms with E-state index in [9.17, 15) is 4.79 Å². The molecule has 0 saturated heterocycles. The Bertz CT molecular complexity index is 177. The summed E-state index contributed by atoms with van der Waals surface area (Å²) in [5.74, 6) is -0.112. The van der Waals surface area contributed by atoms with Gasteiger partial charge in [0.1, 0.15) is 6.61 Å². The molecular formula is C12H22O2. The molecule has 0 bridgehead atoms. The van der Waals surface area contributed by atoms with E-state index in [0.29, 0.717) is 18.4 Å². The van der Waals surface area contributed by atoms with Crippen LogP contribution in [0.5, 0.6) is 0 Å². The van der Waals surface area contributed by atoms with Gasteiger partial charge in [0.05, 0.1) is 0 Å². The Morgan fingerprint density at radius 2 is 2.00 bits per heavy atom. The second-order valence-corrected chi connectivity index (χ2v) is 4.74. The van der Waals surface area contributed by atoms with Gasteiger partial charge >= 0.3 is 5.97 Å². The minimum Gasteiger partial charge on any atom is -0.461 e. The minimum atomic E-state index is -0.112. The van der Waals surface area contributed by atoms with Crippen molar-refractivity contribution in [2.45, 2.75) is 46.5 Å². The van der Waals surface area contributed by atoms with Gasteiger partial charge in [-0.3, -0.25) is 4.79 Å². The van der Waals surface area contributed by atoms with Gasteiger partial charge in [0.2, 0.25) is 0 Å². The average molecular weight is 198 g/mol. The molecule has 2 heteroatoms. The van der Waals surface area contributed by atoms with Crippen molar-refractivity contribution in [3.63, 3.8) is 0 Å². The number of hydrogen-bond acceptors (Lipinski definition) is 2. The van der Waals surface area contributed by atoms with Crippen LogP contribution < -0.4 is 0 Å². The van der Waals surface area contributed by atoms with E-state index in [1.165, 1.54) is 0 Å². The van der Waals surface area contributed by atoms with Crippen LogP contribution in [0.3, 0.4) is 0 Å². The Kier molecular flexibility index (Phi) is 6.26. The fraction of sp³-hybridized carbons (Fsp3) is 0.750. The third-order valence-corrected chi connectivity index (χ3v) is 1.92. The van der Waals surface area contributed by atoms with Crippen LogP contribution in [-0.2, 0) is 9.53 Å². The Morgan fingerprint density at radius 1 is 1.36 bits per heavy atom. The third-order valence-electron chi connectivity index (χ3n) is 1.92. The first-order valence-corrected chi connectivity index (χ1v) is 5.22. The molecule has 0 aromatic rings. The van der Waals surface area contributed by atoms with Crippen LogP contribution in [-0.4, -0.2) is 12.6 Å². The topological polar surface area (TPSA) is 26.3 Å². The van der Waals surface area contributed by atoms with Crippen molar-refractivity contribution >= 4 is 5.97 Å². The predicted octanol–water partition coefficient (Wildman–Crippen LogP) is 3.32. The van der Waals surface area contributed by atoms with Crippen LogP contribution in [0.15, 0.2) is 12.7 Å². The minimum absolute atomic E-state index is 0.112. The van der Waals surface area contributed by atoms with Gasteiger partial charge in [0.15, 0.2) is 0 Å². The summed E-state index contributed by atoms with van der Waals surface area (Å²) in [5.41, 5.74) is 0.366. The van der Waals surface area contributed by atoms with Crippen LogP contribution in [0.1, 0.15) is 46.5 Å². The van der Waals surface area contributed by atoms with Crippen molar-refractivity contribution in [3.05, 3.63) is 12.7 Å². The van der Waals surface area contributed by atoms with Crippen molar-refractivity contribution < 1.29 is 9.53 Å². The SMILES string of the molecule is C=CCOC(=O)CCCCC(C)(C)C. The summed E-state index contributed by atoms with van der Waals surface area (Å²) in [4.78, 5) is 11.1. The predicted molar refractivity (Wildman–Crippen MR) is 59.1 cm³/mol. The maximum atomic E-state index is 11.1. The fourth-order valence-electron chi connectivity index (χ4n) is 1.15. The Morgan fingerprint density at radius 3 is 2.50 bits per heavy atom. The molecule has 0 radical (unpaired) electrons. The van der Waals surface area contributed by atoms with E-state index >= 15 is 0 Å². The average Bonchev–Trinajstić information content (AvgIpc) is 2.07. The summed E-state index contributed by atoms with van der Waals surface area (Å²) in [6, 6.07) is 0. The van der Waals surface area contributed by atoms with E-state index < -0.39 is 0 Å². The molecule has 0 aromatic carbocycles. The molecule has 0 aromatic heterocycles. The van der Waals surface area contributed by atoms with Crippen molar-refractivity contribution in [2.24, 2.45) is 5.41 Å². The smallest absolute Gasteiger partial charge is 0.306 e. The van der Waals surface area contributed by atoms with E-state index in [1.807, 2.05) is 0 Å². The van der Waals surface area contributed by atoms with Crippen LogP contribution >= 0.6 is 0 Å². The van der Waals surface area contributed by atoms with E-state index in [1.54, 1.807) is 6.08 Å². The van der Waals surface area contributed by atoms with Gasteiger partial charge in [-0.2, -0.15) is 0 Å². The Balaban J connectivity index is 3.36. The zero-order valence-corrected chi connectivity index (χ0v) is 9.64. The molecule has 0 rings (SSSR count). The molecule has 0 aliphatic rings. The second kappa shape index (κ2) is 6.63. The largest absolute Gasteiger partial charge is 0.461 e. The lowest BCUT2D eigenvalue weighted by Gasteiger charge is -2.17. The number of carbonyl (C=O) groups is 1. The number of hydrogen-bond donors (Lipinski definition) is 0. The highest BCUT2D eigenvalue weighted by Crippen LogP contribution is 2.21. The summed E-state index contributed by atoms with van der Waals surface area (Å²) in [5, 5.41) is 0. The van der Waals surface area contributed by atoms with Crippen LogP contribution in [0.25, 0.3) is 0 Å². The zero-order valence-electron chi connectivity index (χ0n) is 9.64. The van der Waals surface area contributed by atoms with Crippen LogP contribution in [0.2, 0.25) is 0 Å². The van der Waals surface area contributed by atoms with E-state index in [0.717, 1.165) is 19.3 Å². The van der Waals surface area contributed by atoms with Crippen molar-refractivity contribution in [1.82, 2.24) is 0 Å². The van der Waals surface area contributed by atoms with Gasteiger partial charge in [0, 0.05) is 6.42 Å². The highest BCUT2D eigenvalue weighted by molar-refractivity contribution is 5.69. The Hall–Kier alpha value is -0.790. The quantitative estimate of drug-likeness (QED) is 0.372. The molecule has 0 heterocycles. The molecule has 82 valence electrons. The van der Waals surface area contributed by atoms with Crippen molar-refractivity contribution in [1.29, 1.82) is 0 Å². The Labute approximate surface area is 87.3 Å². The van der Waals surface area contributed by atoms with Crippen LogP contribution in [0.4, 0.5) is 0 Å². The van der Waals surface area contributed by atoms with E-state index in [4.69, 9.17) is 4.74 Å². The molecule has 0 aliphatic heterocycles. The van der Waals surface area contributed by atoms with Gasteiger partial charge < -0.3 is 4.74 Å². The van der Waals surface area contributed by atoms with Gasteiger partial charge in [-0.05, 0) is 18.3 Å². The number of rotatable bonds is 6. The molecule has 2 nitrogen and oxygen atoms in total. The van der Waals surface area contributed by atoms with Crippen molar-refractivity contribution in [3.8, 4) is 0 Å². The molecule has 0 N–H and O–H groups in total. The summed E-state index contributed by atoms with van der Waals surface area (Å²) in [6.07, 6.45) is 5.29. The molecule has 0 saturated carbocycles. The molecule has 0 spiro atoms. The molecule has 14 heavy (non-hydrogen) atoms. The molecule has 0 unspecified atom stereocenters. The molecule has 0 fully saturated rings. The van der Waals surface area contributed by atoms with Crippen LogP contribution in [0, 0.1) is 5.41 Å². The first-order chi connectivity index (χ1) is 6.45. The van der Waals surface area contributed by atoms with E-state index in [-0.39, 0.29) is 5.97 Å². The summed E-state index contributed by atoms with van der Waals surface area (Å²) < 4.78 is 4.87. The highest BCUT2D eigenvalue weighted by Gasteiger charge is 2.09. The van der Waals surface area contributed by atoms with E-state index in [2.05, 4.69) is 27.4 Å². The lowest BCUT2D eigenvalue weighted by molar-refractivity contribution is -0.142. The second-order valence-electron chi connectivity index (χ2n) is 4.74. The monoisotopic (exact) mass is 198 g/mol. The number of ether oxygens (including phenoxy) is 1. The highest BCUT2D eigenvalue weighted by atomic mass is 16.5. The third kappa shape index (κ3) is 9.30. The summed E-state index contributed by atoms with van der Waals surface area (Å²) in [7, 11) is 0. The lowest BCUT2D eigenvalue weighted by Crippen LogP contribution is -2.07. The maximum absolute atomic E-state index is 11.1. The van der Waals surface area contributed by atoms with Gasteiger partial charge in [0.25, 0.3) is 0 Å². The standard InChI is InChI=1S/C12H22O2/c1-5-10-14-11(13)8-6-7-9-12(2,3)4/h5H,1,6-10H2,2-4H3. The lowest BCUT2D eigenvalue weighted by atomic mass is 9.89. The summed E-state index contributed by atoms with van der Waals surface area (Å²) in [6.45, 7) is 10.4. The van der Waals surface area contributed by atoms with Crippen molar-refractivity contribution in [2.75, 3.05) is 6.61 Å². The number of unbranched alkanes of at least 4 members (excludes halogenated alkanes) is 1. The normalized spacial score (nSPS) is 11.1. The summed E-state index contributed by atoms with van der Waals surface area (Å²) >= 11 is 0. The maximum Gasteiger partial charge on any atom is 0.306 e. The molecular weight excluding hydrogens is 176 g/mol.